The molecule has 0 spiro atoms. The van der Waals surface area contributed by atoms with Gasteiger partial charge in [0.25, 0.3) is 5.69 Å². The maximum Gasteiger partial charge on any atom is 0.323 e. The molecule has 114 valence electrons. The number of urea groups is 1. The molecule has 0 aliphatic rings. The van der Waals surface area contributed by atoms with Crippen molar-refractivity contribution in [1.82, 2.24) is 4.90 Å². The standard InChI is InChI=1S/C13H17N3O5/c1-3-6-15(8-12(17)18)13(19)14-11-5-4-10(16(20)21)7-9(11)2/h4-5,7H,3,6,8H2,1-2H3,(H,14,19)(H,17,18). The van der Waals surface area contributed by atoms with E-state index in [4.69, 9.17) is 5.11 Å². The Morgan fingerprint density at radius 2 is 2.10 bits per heavy atom. The van der Waals surface area contributed by atoms with Crippen molar-refractivity contribution in [3.63, 3.8) is 0 Å². The summed E-state index contributed by atoms with van der Waals surface area (Å²) in [4.78, 5) is 34.1. The van der Waals surface area contributed by atoms with Crippen molar-refractivity contribution in [3.05, 3.63) is 33.9 Å². The van der Waals surface area contributed by atoms with E-state index in [1.807, 2.05) is 6.92 Å². The van der Waals surface area contributed by atoms with Gasteiger partial charge in [-0.2, -0.15) is 0 Å². The number of aliphatic carboxylic acids is 1. The van der Waals surface area contributed by atoms with Crippen molar-refractivity contribution >= 4 is 23.4 Å². The van der Waals surface area contributed by atoms with Gasteiger partial charge in [0.2, 0.25) is 0 Å². The number of benzene rings is 1. The molecule has 2 N–H and O–H groups in total. The Hall–Kier alpha value is -2.64. The lowest BCUT2D eigenvalue weighted by Gasteiger charge is -2.21. The molecule has 0 aliphatic carbocycles. The Labute approximate surface area is 121 Å². The zero-order chi connectivity index (χ0) is 16.0. The number of nitrogens with zero attached hydrogens (tertiary/aromatic N) is 2. The van der Waals surface area contributed by atoms with E-state index in [0.717, 1.165) is 0 Å². The Bertz CT molecular complexity index is 559. The first kappa shape index (κ1) is 16.4. The van der Waals surface area contributed by atoms with E-state index in [2.05, 4.69) is 5.32 Å². The van der Waals surface area contributed by atoms with E-state index >= 15 is 0 Å². The molecular formula is C13H17N3O5. The topological polar surface area (TPSA) is 113 Å². The number of nitrogens with one attached hydrogen (secondary N) is 1. The van der Waals surface area contributed by atoms with Gasteiger partial charge in [-0.25, -0.2) is 4.79 Å². The van der Waals surface area contributed by atoms with Crippen molar-refractivity contribution in [1.29, 1.82) is 0 Å². The van der Waals surface area contributed by atoms with Crippen LogP contribution in [0.1, 0.15) is 18.9 Å². The number of carboxylic acids is 1. The molecule has 8 nitrogen and oxygen atoms in total. The van der Waals surface area contributed by atoms with Crippen molar-refractivity contribution in [3.8, 4) is 0 Å². The van der Waals surface area contributed by atoms with Gasteiger partial charge < -0.3 is 15.3 Å². The van der Waals surface area contributed by atoms with Gasteiger partial charge in [0.05, 0.1) is 4.92 Å². The molecule has 1 aromatic rings. The van der Waals surface area contributed by atoms with Crippen LogP contribution in [0, 0.1) is 17.0 Å². The highest BCUT2D eigenvalue weighted by atomic mass is 16.6. The average molecular weight is 295 g/mol. The van der Waals surface area contributed by atoms with Gasteiger partial charge in [0.1, 0.15) is 6.54 Å². The van der Waals surface area contributed by atoms with Crippen LogP contribution in [-0.2, 0) is 4.79 Å². The van der Waals surface area contributed by atoms with Gasteiger partial charge in [-0.15, -0.1) is 0 Å². The molecule has 0 saturated carbocycles. The van der Waals surface area contributed by atoms with Gasteiger partial charge in [-0.05, 0) is 25.0 Å². The highest BCUT2D eigenvalue weighted by Crippen LogP contribution is 2.21. The van der Waals surface area contributed by atoms with Crippen LogP contribution < -0.4 is 5.32 Å². The van der Waals surface area contributed by atoms with Crippen LogP contribution in [0.2, 0.25) is 0 Å². The summed E-state index contributed by atoms with van der Waals surface area (Å²) in [6, 6.07) is 3.51. The summed E-state index contributed by atoms with van der Waals surface area (Å²) >= 11 is 0. The number of nitro groups is 1. The predicted octanol–water partition coefficient (Wildman–Crippen LogP) is 2.23. The lowest BCUT2D eigenvalue weighted by Crippen LogP contribution is -2.39. The quantitative estimate of drug-likeness (QED) is 0.617. The molecule has 8 heteroatoms. The zero-order valence-electron chi connectivity index (χ0n) is 11.8. The molecular weight excluding hydrogens is 278 g/mol. The van der Waals surface area contributed by atoms with E-state index in [1.165, 1.54) is 23.1 Å². The predicted molar refractivity (Wildman–Crippen MR) is 76.4 cm³/mol. The number of carboxylic acid groups (broad SMARTS) is 1. The van der Waals surface area contributed by atoms with E-state index in [1.54, 1.807) is 6.92 Å². The Kier molecular flexibility index (Phi) is 5.65. The molecule has 0 aliphatic heterocycles. The molecule has 1 rings (SSSR count). The van der Waals surface area contributed by atoms with Crippen molar-refractivity contribution in [2.24, 2.45) is 0 Å². The van der Waals surface area contributed by atoms with Gasteiger partial charge >= 0.3 is 12.0 Å². The highest BCUT2D eigenvalue weighted by molar-refractivity contribution is 5.92. The summed E-state index contributed by atoms with van der Waals surface area (Å²) < 4.78 is 0. The van der Waals surface area contributed by atoms with Crippen LogP contribution in [0.3, 0.4) is 0 Å². The van der Waals surface area contributed by atoms with E-state index in [9.17, 15) is 19.7 Å². The molecule has 2 amide bonds. The third-order valence-electron chi connectivity index (χ3n) is 2.77. The van der Waals surface area contributed by atoms with Crippen molar-refractivity contribution < 1.29 is 19.6 Å². The number of nitro benzene ring substituents is 1. The molecule has 0 saturated heterocycles. The summed E-state index contributed by atoms with van der Waals surface area (Å²) in [6.45, 7) is 3.37. The first-order chi connectivity index (χ1) is 9.85. The van der Waals surface area contributed by atoms with Crippen LogP contribution in [0.4, 0.5) is 16.2 Å². The lowest BCUT2D eigenvalue weighted by atomic mass is 10.2. The molecule has 0 heterocycles. The summed E-state index contributed by atoms with van der Waals surface area (Å²) in [5.41, 5.74) is 0.878. The first-order valence-electron chi connectivity index (χ1n) is 6.38. The van der Waals surface area contributed by atoms with Crippen LogP contribution in [0.25, 0.3) is 0 Å². The van der Waals surface area contributed by atoms with Crippen LogP contribution in [0.15, 0.2) is 18.2 Å². The number of carbonyl (C=O) groups is 2. The Morgan fingerprint density at radius 3 is 2.57 bits per heavy atom. The SMILES string of the molecule is CCCN(CC(=O)O)C(=O)Nc1ccc([N+](=O)[O-])cc1C. The third-order valence-corrected chi connectivity index (χ3v) is 2.77. The van der Waals surface area contributed by atoms with Crippen molar-refractivity contribution in [2.45, 2.75) is 20.3 Å². The van der Waals surface area contributed by atoms with E-state index < -0.39 is 23.5 Å². The average Bonchev–Trinajstić information content (AvgIpc) is 2.39. The molecule has 0 aromatic heterocycles. The number of hydrogen-bond acceptors (Lipinski definition) is 4. The number of amides is 2. The van der Waals surface area contributed by atoms with Gasteiger partial charge in [0.15, 0.2) is 0 Å². The zero-order valence-corrected chi connectivity index (χ0v) is 11.8. The summed E-state index contributed by atoms with van der Waals surface area (Å²) in [5, 5.41) is 22.0. The van der Waals surface area contributed by atoms with E-state index in [-0.39, 0.29) is 5.69 Å². The summed E-state index contributed by atoms with van der Waals surface area (Å²) in [7, 11) is 0. The lowest BCUT2D eigenvalue weighted by molar-refractivity contribution is -0.384. The third kappa shape index (κ3) is 4.75. The van der Waals surface area contributed by atoms with E-state index in [0.29, 0.717) is 24.2 Å². The summed E-state index contributed by atoms with van der Waals surface area (Å²) in [6.07, 6.45) is 0.625. The van der Waals surface area contributed by atoms with Crippen LogP contribution >= 0.6 is 0 Å². The first-order valence-corrected chi connectivity index (χ1v) is 6.38. The fourth-order valence-corrected chi connectivity index (χ4v) is 1.78. The van der Waals surface area contributed by atoms with Crippen LogP contribution in [0.5, 0.6) is 0 Å². The Morgan fingerprint density at radius 1 is 1.43 bits per heavy atom. The fourth-order valence-electron chi connectivity index (χ4n) is 1.78. The normalized spacial score (nSPS) is 10.0. The number of anilines is 1. The second kappa shape index (κ2) is 7.22. The highest BCUT2D eigenvalue weighted by Gasteiger charge is 2.17. The second-order valence-electron chi connectivity index (χ2n) is 4.50. The number of carbonyl (C=O) groups excluding carboxylic acids is 1. The van der Waals surface area contributed by atoms with Gasteiger partial charge in [-0.1, -0.05) is 6.92 Å². The fraction of sp³-hybridized carbons (Fsp3) is 0.385. The molecule has 0 unspecified atom stereocenters. The Balaban J connectivity index is 2.85. The monoisotopic (exact) mass is 295 g/mol. The van der Waals surface area contributed by atoms with Gasteiger partial charge in [-0.3, -0.25) is 14.9 Å². The largest absolute Gasteiger partial charge is 0.480 e. The van der Waals surface area contributed by atoms with Crippen molar-refractivity contribution in [2.75, 3.05) is 18.4 Å². The molecule has 1 aromatic carbocycles. The second-order valence-corrected chi connectivity index (χ2v) is 4.50. The molecule has 21 heavy (non-hydrogen) atoms. The van der Waals surface area contributed by atoms with Crippen LogP contribution in [-0.4, -0.2) is 40.0 Å². The summed E-state index contributed by atoms with van der Waals surface area (Å²) in [5.74, 6) is -1.10. The number of non-ortho nitro benzene ring substituents is 1. The number of hydrogen-bond donors (Lipinski definition) is 2. The molecule has 0 fully saturated rings. The van der Waals surface area contributed by atoms with Gasteiger partial charge in [0, 0.05) is 24.4 Å². The maximum atomic E-state index is 12.0. The molecule has 0 bridgehead atoms. The minimum absolute atomic E-state index is 0.0681. The molecule has 0 radical (unpaired) electrons. The minimum Gasteiger partial charge on any atom is -0.480 e. The number of rotatable bonds is 6. The smallest absolute Gasteiger partial charge is 0.323 e. The number of aryl methyl sites for hydroxylation is 1. The minimum atomic E-state index is -1.10. The maximum absolute atomic E-state index is 12.0. The molecule has 0 atom stereocenters.